The van der Waals surface area contributed by atoms with Gasteiger partial charge in [-0.2, -0.15) is 0 Å². The minimum atomic E-state index is -0.257. The maximum Gasteiger partial charge on any atom is 0.273 e. The average molecular weight is 258 g/mol. The third kappa shape index (κ3) is 3.41. The second-order valence-corrected chi connectivity index (χ2v) is 4.09. The van der Waals surface area contributed by atoms with Crippen LogP contribution in [0.15, 0.2) is 30.5 Å². The van der Waals surface area contributed by atoms with Gasteiger partial charge in [0, 0.05) is 18.3 Å². The lowest BCUT2D eigenvalue weighted by Crippen LogP contribution is -2.12. The Morgan fingerprint density at radius 2 is 1.68 bits per heavy atom. The van der Waals surface area contributed by atoms with E-state index in [0.717, 1.165) is 0 Å². The fraction of sp³-hybridized carbons (Fsp3) is 0.154. The molecule has 0 spiro atoms. The van der Waals surface area contributed by atoms with E-state index < -0.39 is 0 Å². The molecule has 2 amide bonds. The van der Waals surface area contributed by atoms with E-state index in [4.69, 9.17) is 0 Å². The summed E-state index contributed by atoms with van der Waals surface area (Å²) in [5, 5.41) is 5.38. The Balaban J connectivity index is 2.03. The van der Waals surface area contributed by atoms with Crippen LogP contribution in [0.4, 0.5) is 11.4 Å². The van der Waals surface area contributed by atoms with Crippen LogP contribution in [0.2, 0.25) is 0 Å². The van der Waals surface area contributed by atoms with Gasteiger partial charge in [-0.25, -0.2) is 4.98 Å². The number of benzene rings is 1. The predicted octanol–water partition coefficient (Wildman–Crippen LogP) is 1.93. The Labute approximate surface area is 110 Å². The monoisotopic (exact) mass is 258 g/mol. The van der Waals surface area contributed by atoms with E-state index in [-0.39, 0.29) is 11.8 Å². The lowest BCUT2D eigenvalue weighted by atomic mass is 10.2. The van der Waals surface area contributed by atoms with Gasteiger partial charge in [-0.3, -0.25) is 9.59 Å². The van der Waals surface area contributed by atoms with Gasteiger partial charge in [0.15, 0.2) is 0 Å². The van der Waals surface area contributed by atoms with Crippen molar-refractivity contribution in [3.63, 3.8) is 0 Å². The van der Waals surface area contributed by atoms with Crippen molar-refractivity contribution < 1.29 is 9.59 Å². The number of aromatic amines is 1. The molecule has 2 aromatic rings. The molecule has 19 heavy (non-hydrogen) atoms. The fourth-order valence-corrected chi connectivity index (χ4v) is 1.57. The molecular weight excluding hydrogens is 244 g/mol. The number of anilines is 2. The molecule has 0 aliphatic rings. The van der Waals surface area contributed by atoms with Gasteiger partial charge in [-0.15, -0.1) is 0 Å². The molecule has 1 aromatic carbocycles. The fourth-order valence-electron chi connectivity index (χ4n) is 1.57. The number of aromatic nitrogens is 2. The van der Waals surface area contributed by atoms with E-state index in [1.807, 2.05) is 0 Å². The van der Waals surface area contributed by atoms with Crippen molar-refractivity contribution in [3.8, 4) is 0 Å². The molecule has 2 rings (SSSR count). The molecule has 1 heterocycles. The van der Waals surface area contributed by atoms with Crippen LogP contribution in [-0.2, 0) is 4.79 Å². The van der Waals surface area contributed by atoms with Gasteiger partial charge in [0.1, 0.15) is 11.5 Å². The Bertz CT molecular complexity index is 601. The number of hydrogen-bond acceptors (Lipinski definition) is 3. The van der Waals surface area contributed by atoms with Crippen molar-refractivity contribution in [3.05, 3.63) is 42.0 Å². The van der Waals surface area contributed by atoms with E-state index >= 15 is 0 Å². The molecule has 0 bridgehead atoms. The zero-order chi connectivity index (χ0) is 13.8. The maximum absolute atomic E-state index is 11.8. The van der Waals surface area contributed by atoms with Gasteiger partial charge in [-0.1, -0.05) is 0 Å². The molecule has 0 aliphatic heterocycles. The molecule has 0 aliphatic carbocycles. The van der Waals surface area contributed by atoms with Crippen molar-refractivity contribution in [2.45, 2.75) is 13.8 Å². The molecule has 98 valence electrons. The standard InChI is InChI=1S/C13H14N4O2/c1-8-14-7-12(15-8)13(19)17-11-5-3-10(4-6-11)16-9(2)18/h3-7H,1-2H3,(H,14,15)(H,16,18)(H,17,19). The number of nitrogens with one attached hydrogen (secondary N) is 3. The first kappa shape index (κ1) is 12.8. The number of imidazole rings is 1. The van der Waals surface area contributed by atoms with Crippen molar-refractivity contribution in [1.82, 2.24) is 9.97 Å². The molecule has 1 aromatic heterocycles. The summed E-state index contributed by atoms with van der Waals surface area (Å²) >= 11 is 0. The van der Waals surface area contributed by atoms with E-state index in [0.29, 0.717) is 22.9 Å². The topological polar surface area (TPSA) is 86.9 Å². The Morgan fingerprint density at radius 1 is 1.11 bits per heavy atom. The summed E-state index contributed by atoms with van der Waals surface area (Å²) in [6.45, 7) is 3.22. The van der Waals surface area contributed by atoms with E-state index in [1.165, 1.54) is 13.1 Å². The van der Waals surface area contributed by atoms with Gasteiger partial charge in [-0.05, 0) is 31.2 Å². The lowest BCUT2D eigenvalue weighted by molar-refractivity contribution is -0.114. The summed E-state index contributed by atoms with van der Waals surface area (Å²) < 4.78 is 0. The second kappa shape index (κ2) is 5.34. The zero-order valence-corrected chi connectivity index (χ0v) is 10.7. The number of H-pyrrole nitrogens is 1. The van der Waals surface area contributed by atoms with Crippen molar-refractivity contribution >= 4 is 23.2 Å². The summed E-state index contributed by atoms with van der Waals surface area (Å²) in [7, 11) is 0. The van der Waals surface area contributed by atoms with Crippen LogP contribution in [0.5, 0.6) is 0 Å². The maximum atomic E-state index is 11.8. The van der Waals surface area contributed by atoms with Crippen LogP contribution in [-0.4, -0.2) is 21.8 Å². The van der Waals surface area contributed by atoms with Gasteiger partial charge < -0.3 is 15.6 Å². The lowest BCUT2D eigenvalue weighted by Gasteiger charge is -2.05. The first-order valence-corrected chi connectivity index (χ1v) is 5.75. The molecule has 0 saturated carbocycles. The van der Waals surface area contributed by atoms with Crippen LogP contribution in [0.1, 0.15) is 23.2 Å². The Hall–Kier alpha value is -2.63. The summed E-state index contributed by atoms with van der Waals surface area (Å²) in [4.78, 5) is 29.5. The van der Waals surface area contributed by atoms with Crippen molar-refractivity contribution in [2.75, 3.05) is 10.6 Å². The van der Waals surface area contributed by atoms with Gasteiger partial charge >= 0.3 is 0 Å². The van der Waals surface area contributed by atoms with Gasteiger partial charge in [0.2, 0.25) is 5.91 Å². The van der Waals surface area contributed by atoms with Crippen LogP contribution in [0, 0.1) is 6.92 Å². The highest BCUT2D eigenvalue weighted by Gasteiger charge is 2.08. The summed E-state index contributed by atoms with van der Waals surface area (Å²) in [5.41, 5.74) is 1.73. The summed E-state index contributed by atoms with van der Waals surface area (Å²) in [5.74, 6) is 0.295. The molecule has 3 N–H and O–H groups in total. The predicted molar refractivity (Wildman–Crippen MR) is 72.0 cm³/mol. The van der Waals surface area contributed by atoms with Crippen LogP contribution in [0.3, 0.4) is 0 Å². The second-order valence-electron chi connectivity index (χ2n) is 4.09. The van der Waals surface area contributed by atoms with E-state index in [9.17, 15) is 9.59 Å². The van der Waals surface area contributed by atoms with Crippen LogP contribution >= 0.6 is 0 Å². The summed E-state index contributed by atoms with van der Waals surface area (Å²) in [6, 6.07) is 6.86. The third-order valence-electron chi connectivity index (χ3n) is 2.41. The number of carbonyl (C=O) groups excluding carboxylic acids is 2. The molecular formula is C13H14N4O2. The van der Waals surface area contributed by atoms with Crippen LogP contribution in [0.25, 0.3) is 0 Å². The minimum Gasteiger partial charge on any atom is -0.338 e. The molecule has 6 heteroatoms. The number of amides is 2. The zero-order valence-electron chi connectivity index (χ0n) is 10.7. The van der Waals surface area contributed by atoms with Crippen molar-refractivity contribution in [2.24, 2.45) is 0 Å². The van der Waals surface area contributed by atoms with Crippen LogP contribution < -0.4 is 10.6 Å². The molecule has 6 nitrogen and oxygen atoms in total. The average Bonchev–Trinajstić information content (AvgIpc) is 2.78. The molecule has 0 saturated heterocycles. The number of hydrogen-bond donors (Lipinski definition) is 3. The molecule has 0 radical (unpaired) electrons. The van der Waals surface area contributed by atoms with Gasteiger partial charge in [0.25, 0.3) is 5.91 Å². The van der Waals surface area contributed by atoms with E-state index in [2.05, 4.69) is 20.6 Å². The SMILES string of the molecule is CC(=O)Nc1ccc(NC(=O)c2cnc(C)[nH]2)cc1. The van der Waals surface area contributed by atoms with Crippen molar-refractivity contribution in [1.29, 1.82) is 0 Å². The smallest absolute Gasteiger partial charge is 0.273 e. The molecule has 0 atom stereocenters. The first-order chi connectivity index (χ1) is 9.04. The highest BCUT2D eigenvalue weighted by molar-refractivity contribution is 6.02. The summed E-state index contributed by atoms with van der Waals surface area (Å²) in [6.07, 6.45) is 1.48. The highest BCUT2D eigenvalue weighted by Crippen LogP contribution is 2.14. The number of aryl methyl sites for hydroxylation is 1. The third-order valence-corrected chi connectivity index (χ3v) is 2.41. The molecule has 0 unspecified atom stereocenters. The highest BCUT2D eigenvalue weighted by atomic mass is 16.2. The Morgan fingerprint density at radius 3 is 2.16 bits per heavy atom. The van der Waals surface area contributed by atoms with Gasteiger partial charge in [0.05, 0.1) is 6.20 Å². The van der Waals surface area contributed by atoms with E-state index in [1.54, 1.807) is 31.2 Å². The number of nitrogens with zero attached hydrogens (tertiary/aromatic N) is 1. The number of rotatable bonds is 3. The quantitative estimate of drug-likeness (QED) is 0.786. The molecule has 0 fully saturated rings. The number of carbonyl (C=O) groups is 2. The first-order valence-electron chi connectivity index (χ1n) is 5.75. The minimum absolute atomic E-state index is 0.135. The normalized spacial score (nSPS) is 10.0. The largest absolute Gasteiger partial charge is 0.338 e. The Kier molecular flexibility index (Phi) is 3.61.